The molecule has 0 aliphatic heterocycles. The summed E-state index contributed by atoms with van der Waals surface area (Å²) in [5, 5.41) is 14.5. The molecular weight excluding hydrogens is 358 g/mol. The monoisotopic (exact) mass is 372 g/mol. The predicted octanol–water partition coefficient (Wildman–Crippen LogP) is 4.19. The molecule has 2 aromatic rings. The molecule has 122 valence electrons. The van der Waals surface area contributed by atoms with Crippen molar-refractivity contribution in [2.24, 2.45) is 0 Å². The van der Waals surface area contributed by atoms with Crippen LogP contribution in [0.1, 0.15) is 19.4 Å². The van der Waals surface area contributed by atoms with E-state index in [0.717, 1.165) is 0 Å². The summed E-state index contributed by atoms with van der Waals surface area (Å²) >= 11 is 17.3. The number of hydrogen-bond acceptors (Lipinski definition) is 3. The fraction of sp³-hybridized carbons (Fsp3) is 0.267. The summed E-state index contributed by atoms with van der Waals surface area (Å²) < 4.78 is 14.1. The average molecular weight is 373 g/mol. The number of nitrogens with one attached hydrogen (secondary N) is 2. The summed E-state index contributed by atoms with van der Waals surface area (Å²) in [6.45, 7) is 4.13. The van der Waals surface area contributed by atoms with Gasteiger partial charge >= 0.3 is 0 Å². The number of rotatable bonds is 4. The standard InChI is InChI=1S/C15H15Cl2FN4S/c1-15(2,12-9(16)4-3-5-11(12)18)8-19-14(23)21-13-10(17)6-7-20-22-13/h3-7H,8H2,1-2H3,(H2,19,21,22,23). The minimum absolute atomic E-state index is 0.313. The van der Waals surface area contributed by atoms with E-state index in [9.17, 15) is 4.39 Å². The highest BCUT2D eigenvalue weighted by Crippen LogP contribution is 2.31. The lowest BCUT2D eigenvalue weighted by Crippen LogP contribution is -2.39. The van der Waals surface area contributed by atoms with Gasteiger partial charge in [0.05, 0.1) is 11.2 Å². The number of benzene rings is 1. The highest BCUT2D eigenvalue weighted by atomic mass is 35.5. The van der Waals surface area contributed by atoms with Crippen molar-refractivity contribution < 1.29 is 4.39 Å². The molecule has 1 aromatic carbocycles. The predicted molar refractivity (Wildman–Crippen MR) is 95.7 cm³/mol. The third kappa shape index (κ3) is 4.50. The summed E-state index contributed by atoms with van der Waals surface area (Å²) in [7, 11) is 0. The lowest BCUT2D eigenvalue weighted by Gasteiger charge is -2.27. The van der Waals surface area contributed by atoms with Gasteiger partial charge in [-0.05, 0) is 30.4 Å². The van der Waals surface area contributed by atoms with Crippen LogP contribution < -0.4 is 10.6 Å². The van der Waals surface area contributed by atoms with Gasteiger partial charge in [0.2, 0.25) is 0 Å². The van der Waals surface area contributed by atoms with Crippen molar-refractivity contribution in [3.8, 4) is 0 Å². The number of anilines is 1. The van der Waals surface area contributed by atoms with Gasteiger partial charge in [0.25, 0.3) is 0 Å². The molecule has 0 saturated carbocycles. The van der Waals surface area contributed by atoms with Gasteiger partial charge in [-0.1, -0.05) is 43.1 Å². The van der Waals surface area contributed by atoms with E-state index in [0.29, 0.717) is 33.1 Å². The Bertz CT molecular complexity index is 704. The van der Waals surface area contributed by atoms with Crippen LogP contribution in [-0.4, -0.2) is 21.9 Å². The quantitative estimate of drug-likeness (QED) is 0.788. The van der Waals surface area contributed by atoms with Gasteiger partial charge in [0.15, 0.2) is 10.9 Å². The van der Waals surface area contributed by atoms with Gasteiger partial charge in [-0.2, -0.15) is 5.10 Å². The van der Waals surface area contributed by atoms with Crippen molar-refractivity contribution in [3.05, 3.63) is 51.9 Å². The van der Waals surface area contributed by atoms with Crippen LogP contribution in [0, 0.1) is 5.82 Å². The van der Waals surface area contributed by atoms with Gasteiger partial charge < -0.3 is 10.6 Å². The van der Waals surface area contributed by atoms with Crippen molar-refractivity contribution in [2.45, 2.75) is 19.3 Å². The zero-order chi connectivity index (χ0) is 17.0. The summed E-state index contributed by atoms with van der Waals surface area (Å²) in [5.74, 6) is 0.00791. The maximum absolute atomic E-state index is 14.1. The molecule has 2 N–H and O–H groups in total. The minimum Gasteiger partial charge on any atom is -0.362 e. The molecule has 0 aliphatic carbocycles. The zero-order valence-corrected chi connectivity index (χ0v) is 14.9. The Hall–Kier alpha value is -1.50. The summed E-state index contributed by atoms with van der Waals surface area (Å²) in [6, 6.07) is 6.23. The number of nitrogens with zero attached hydrogens (tertiary/aromatic N) is 2. The molecule has 0 radical (unpaired) electrons. The van der Waals surface area contributed by atoms with E-state index in [1.807, 2.05) is 13.8 Å². The smallest absolute Gasteiger partial charge is 0.173 e. The molecule has 0 bridgehead atoms. The molecule has 0 saturated heterocycles. The second kappa shape index (κ2) is 7.38. The third-order valence-electron chi connectivity index (χ3n) is 3.23. The lowest BCUT2D eigenvalue weighted by molar-refractivity contribution is 0.477. The topological polar surface area (TPSA) is 49.8 Å². The molecule has 2 rings (SSSR count). The molecule has 4 nitrogen and oxygen atoms in total. The van der Waals surface area contributed by atoms with Crippen LogP contribution in [0.15, 0.2) is 30.5 Å². The Morgan fingerprint density at radius 1 is 1.26 bits per heavy atom. The van der Waals surface area contributed by atoms with Crippen molar-refractivity contribution in [1.82, 2.24) is 15.5 Å². The normalized spacial score (nSPS) is 11.2. The molecular formula is C15H15Cl2FN4S. The Balaban J connectivity index is 2.04. The SMILES string of the molecule is CC(C)(CNC(=S)Nc1nnccc1Cl)c1c(F)cccc1Cl. The first-order chi connectivity index (χ1) is 10.8. The molecule has 1 aromatic heterocycles. The second-order valence-electron chi connectivity index (χ2n) is 5.52. The van der Waals surface area contributed by atoms with Crippen molar-refractivity contribution in [2.75, 3.05) is 11.9 Å². The van der Waals surface area contributed by atoms with Gasteiger partial charge in [0.1, 0.15) is 5.82 Å². The maximum Gasteiger partial charge on any atom is 0.173 e. The number of hydrogen-bond donors (Lipinski definition) is 2. The van der Waals surface area contributed by atoms with Gasteiger partial charge in [0, 0.05) is 22.5 Å². The third-order valence-corrected chi connectivity index (χ3v) is 4.10. The molecule has 8 heteroatoms. The summed E-state index contributed by atoms with van der Waals surface area (Å²) in [6.07, 6.45) is 1.48. The molecule has 0 spiro atoms. The van der Waals surface area contributed by atoms with E-state index in [1.165, 1.54) is 12.3 Å². The van der Waals surface area contributed by atoms with Crippen LogP contribution in [0.2, 0.25) is 10.0 Å². The van der Waals surface area contributed by atoms with Gasteiger partial charge in [-0.3, -0.25) is 0 Å². The fourth-order valence-corrected chi connectivity index (χ4v) is 2.82. The first kappa shape index (κ1) is 17.8. The highest BCUT2D eigenvalue weighted by molar-refractivity contribution is 7.80. The van der Waals surface area contributed by atoms with E-state index in [2.05, 4.69) is 20.8 Å². The molecule has 0 atom stereocenters. The van der Waals surface area contributed by atoms with Gasteiger partial charge in [-0.25, -0.2) is 4.39 Å². The Morgan fingerprint density at radius 3 is 2.65 bits per heavy atom. The van der Waals surface area contributed by atoms with E-state index in [-0.39, 0.29) is 5.82 Å². The van der Waals surface area contributed by atoms with Crippen LogP contribution >= 0.6 is 35.4 Å². The number of halogens is 3. The first-order valence-corrected chi connectivity index (χ1v) is 7.94. The van der Waals surface area contributed by atoms with Gasteiger partial charge in [-0.15, -0.1) is 5.10 Å². The lowest BCUT2D eigenvalue weighted by atomic mass is 9.84. The summed E-state index contributed by atoms with van der Waals surface area (Å²) in [5.41, 5.74) is -0.130. The summed E-state index contributed by atoms with van der Waals surface area (Å²) in [4.78, 5) is 0. The molecule has 0 amide bonds. The molecule has 0 aliphatic rings. The number of aromatic nitrogens is 2. The van der Waals surface area contributed by atoms with Crippen molar-refractivity contribution in [3.63, 3.8) is 0 Å². The average Bonchev–Trinajstić information content (AvgIpc) is 2.47. The van der Waals surface area contributed by atoms with Crippen LogP contribution in [-0.2, 0) is 5.41 Å². The molecule has 23 heavy (non-hydrogen) atoms. The van der Waals surface area contributed by atoms with Crippen LogP contribution in [0.5, 0.6) is 0 Å². The van der Waals surface area contributed by atoms with E-state index in [4.69, 9.17) is 35.4 Å². The van der Waals surface area contributed by atoms with E-state index in [1.54, 1.807) is 18.2 Å². The molecule has 0 unspecified atom stereocenters. The second-order valence-corrected chi connectivity index (χ2v) is 6.74. The van der Waals surface area contributed by atoms with Crippen LogP contribution in [0.3, 0.4) is 0 Å². The maximum atomic E-state index is 14.1. The van der Waals surface area contributed by atoms with Crippen molar-refractivity contribution >= 4 is 46.4 Å². The van der Waals surface area contributed by atoms with Crippen LogP contribution in [0.4, 0.5) is 10.2 Å². The van der Waals surface area contributed by atoms with Crippen molar-refractivity contribution in [1.29, 1.82) is 0 Å². The largest absolute Gasteiger partial charge is 0.362 e. The first-order valence-electron chi connectivity index (χ1n) is 6.78. The minimum atomic E-state index is -0.569. The van der Waals surface area contributed by atoms with Crippen LogP contribution in [0.25, 0.3) is 0 Å². The molecule has 1 heterocycles. The van der Waals surface area contributed by atoms with E-state index >= 15 is 0 Å². The van der Waals surface area contributed by atoms with E-state index < -0.39 is 5.41 Å². The molecule has 0 fully saturated rings. The fourth-order valence-electron chi connectivity index (χ4n) is 2.09. The highest BCUT2D eigenvalue weighted by Gasteiger charge is 2.27. The number of thiocarbonyl (C=S) groups is 1. The Kier molecular flexibility index (Phi) is 5.73. The Labute approximate surface area is 149 Å². The Morgan fingerprint density at radius 2 is 2.00 bits per heavy atom. The zero-order valence-electron chi connectivity index (χ0n) is 12.5.